The monoisotopic (exact) mass is 788 g/mol. The topological polar surface area (TPSA) is 95.7 Å². The minimum Gasteiger partial charge on any atom is -0.461 e. The number of nitrogens with one attached hydrogen (secondary N) is 1. The Balaban J connectivity index is 1.44. The molecule has 2 saturated heterocycles. The molecule has 0 bridgehead atoms. The predicted octanol–water partition coefficient (Wildman–Crippen LogP) is 5.83. The molecular formula is C27H28ClFI2N8O. The Morgan fingerprint density at radius 1 is 1.10 bits per heavy atom. The van der Waals surface area contributed by atoms with Gasteiger partial charge in [0.1, 0.15) is 17.8 Å². The summed E-state index contributed by atoms with van der Waals surface area (Å²) in [4.78, 5) is 16.4. The van der Waals surface area contributed by atoms with Crippen LogP contribution in [-0.4, -0.2) is 61.4 Å². The molecule has 2 aromatic heterocycles. The van der Waals surface area contributed by atoms with E-state index < -0.39 is 5.82 Å². The lowest BCUT2D eigenvalue weighted by molar-refractivity contribution is 0.108. The number of ether oxygens (including phenoxy) is 1. The van der Waals surface area contributed by atoms with Gasteiger partial charge in [-0.3, -0.25) is 18.8 Å². The molecule has 0 amide bonds. The summed E-state index contributed by atoms with van der Waals surface area (Å²) in [5.41, 5.74) is 3.56. The van der Waals surface area contributed by atoms with Crippen molar-refractivity contribution in [1.29, 1.82) is 0 Å². The van der Waals surface area contributed by atoms with E-state index in [4.69, 9.17) is 27.2 Å². The first-order valence-corrected chi connectivity index (χ1v) is 15.5. The van der Waals surface area contributed by atoms with Crippen molar-refractivity contribution in [2.24, 2.45) is 5.84 Å². The average Bonchev–Trinajstić information content (AvgIpc) is 3.55. The van der Waals surface area contributed by atoms with Gasteiger partial charge in [0.15, 0.2) is 11.6 Å². The molecule has 3 N–H and O–H groups in total. The van der Waals surface area contributed by atoms with Gasteiger partial charge in [-0.2, -0.15) is 18.7 Å². The van der Waals surface area contributed by atoms with Crippen LogP contribution in [0, 0.1) is 5.82 Å². The summed E-state index contributed by atoms with van der Waals surface area (Å²) >= 11 is 10.8. The van der Waals surface area contributed by atoms with Gasteiger partial charge >= 0.3 is 6.01 Å². The maximum absolute atomic E-state index is 16.4. The largest absolute Gasteiger partial charge is 0.461 e. The highest BCUT2D eigenvalue weighted by molar-refractivity contribution is 14.1. The third-order valence-electron chi connectivity index (χ3n) is 7.90. The Morgan fingerprint density at radius 2 is 1.85 bits per heavy atom. The minimum absolute atomic E-state index is 0.0126. The number of benzene rings is 2. The maximum Gasteiger partial charge on any atom is 0.319 e. The first kappa shape index (κ1) is 28.4. The number of hydrazine groups is 2. The number of aromatic nitrogens is 3. The average molecular weight is 789 g/mol. The Morgan fingerprint density at radius 3 is 2.60 bits per heavy atom. The lowest BCUT2D eigenvalue weighted by Crippen LogP contribution is -2.43. The second-order valence-corrected chi connectivity index (χ2v) is 12.9. The Labute approximate surface area is 264 Å². The highest BCUT2D eigenvalue weighted by Crippen LogP contribution is 2.40. The zero-order chi connectivity index (χ0) is 27.9. The van der Waals surface area contributed by atoms with Crippen LogP contribution < -0.4 is 19.2 Å². The molecule has 0 atom stereocenters. The summed E-state index contributed by atoms with van der Waals surface area (Å²) in [5, 5.41) is 2.69. The van der Waals surface area contributed by atoms with E-state index in [9.17, 15) is 0 Å². The maximum atomic E-state index is 16.4. The molecule has 2 fully saturated rings. The highest BCUT2D eigenvalue weighted by atomic mass is 127. The number of rotatable bonds is 9. The smallest absolute Gasteiger partial charge is 0.319 e. The molecule has 4 aromatic rings. The summed E-state index contributed by atoms with van der Waals surface area (Å²) in [6.45, 7) is 3.81. The first-order valence-electron chi connectivity index (χ1n) is 13.1. The number of nitrogens with zero attached hydrogens (tertiary/aromatic N) is 6. The van der Waals surface area contributed by atoms with Crippen molar-refractivity contribution >= 4 is 84.8 Å². The number of hydrogen-bond acceptors (Lipinski definition) is 9. The van der Waals surface area contributed by atoms with Crippen LogP contribution in [0.25, 0.3) is 32.9 Å². The van der Waals surface area contributed by atoms with Gasteiger partial charge in [0, 0.05) is 58.1 Å². The molecule has 2 aromatic carbocycles. The molecule has 6 rings (SSSR count). The molecule has 40 heavy (non-hydrogen) atoms. The van der Waals surface area contributed by atoms with Gasteiger partial charge in [0.05, 0.1) is 33.8 Å². The van der Waals surface area contributed by atoms with Gasteiger partial charge in [-0.15, -0.1) is 0 Å². The van der Waals surface area contributed by atoms with E-state index >= 15 is 4.39 Å². The van der Waals surface area contributed by atoms with Crippen LogP contribution in [0.3, 0.4) is 0 Å². The van der Waals surface area contributed by atoms with E-state index in [2.05, 4.69) is 66.1 Å². The van der Waals surface area contributed by atoms with E-state index in [-0.39, 0.29) is 22.8 Å². The molecule has 0 radical (unpaired) electrons. The SMILES string of the molecule is NNN(I)CCN(I)c1nc(OCC23CCCN2CCC3)nc2c(F)c(-c3cccc4cccc(Cl)c34)ncc12. The standard InChI is InChI=1S/C27H28ClFI2N8O/c28-20-8-2-6-17-5-1-7-18(21(17)20)23-22(29)24-19(15-33-23)25(38(30)13-14-39(31)36-32)35-26(34-24)40-16-27-9-3-11-37(27)12-4-10-27/h1-2,5-8,15,36H,3-4,9-14,16,32H2. The third-order valence-corrected chi connectivity index (χ3v) is 9.91. The fraction of sp³-hybridized carbons (Fsp3) is 0.370. The fourth-order valence-electron chi connectivity index (χ4n) is 5.96. The first-order chi connectivity index (χ1) is 19.4. The van der Waals surface area contributed by atoms with Gasteiger partial charge < -0.3 is 4.74 Å². The molecule has 9 nitrogen and oxygen atoms in total. The summed E-state index contributed by atoms with van der Waals surface area (Å²) in [6, 6.07) is 11.4. The van der Waals surface area contributed by atoms with Crippen molar-refractivity contribution in [1.82, 2.24) is 28.6 Å². The van der Waals surface area contributed by atoms with Gasteiger partial charge in [-0.1, -0.05) is 41.9 Å². The Hall–Kier alpha value is -1.69. The number of nitrogens with two attached hydrogens (primary N) is 1. The molecule has 0 saturated carbocycles. The van der Waals surface area contributed by atoms with Gasteiger partial charge in [-0.25, -0.2) is 4.39 Å². The molecule has 210 valence electrons. The molecule has 2 aliphatic heterocycles. The lowest BCUT2D eigenvalue weighted by Gasteiger charge is -2.31. The van der Waals surface area contributed by atoms with Crippen LogP contribution >= 0.6 is 57.3 Å². The number of anilines is 1. The Kier molecular flexibility index (Phi) is 8.45. The summed E-state index contributed by atoms with van der Waals surface area (Å²) in [6.07, 6.45) is 6.13. The highest BCUT2D eigenvalue weighted by Gasteiger charge is 2.45. The van der Waals surface area contributed by atoms with Crippen molar-refractivity contribution in [2.45, 2.75) is 31.2 Å². The number of halogens is 4. The van der Waals surface area contributed by atoms with E-state index in [0.717, 1.165) is 49.5 Å². The Bertz CT molecular complexity index is 1550. The quantitative estimate of drug-likeness (QED) is 0.0941. The summed E-state index contributed by atoms with van der Waals surface area (Å²) in [7, 11) is 0. The van der Waals surface area contributed by atoms with Crippen molar-refractivity contribution in [3.8, 4) is 17.3 Å². The van der Waals surface area contributed by atoms with Crippen LogP contribution in [0.5, 0.6) is 6.01 Å². The van der Waals surface area contributed by atoms with Crippen molar-refractivity contribution in [3.05, 3.63) is 53.4 Å². The molecule has 0 unspecified atom stereocenters. The third kappa shape index (κ3) is 5.31. The second-order valence-electron chi connectivity index (χ2n) is 10.2. The predicted molar refractivity (Wildman–Crippen MR) is 173 cm³/mol. The van der Waals surface area contributed by atoms with Gasteiger partial charge in [0.25, 0.3) is 0 Å². The van der Waals surface area contributed by atoms with Crippen molar-refractivity contribution < 1.29 is 9.13 Å². The van der Waals surface area contributed by atoms with Crippen LogP contribution in [0.2, 0.25) is 5.02 Å². The lowest BCUT2D eigenvalue weighted by atomic mass is 9.95. The molecule has 0 aliphatic carbocycles. The van der Waals surface area contributed by atoms with Crippen molar-refractivity contribution in [2.75, 3.05) is 35.9 Å². The summed E-state index contributed by atoms with van der Waals surface area (Å²) in [5.74, 6) is 5.52. The number of pyridine rings is 1. The molecule has 13 heteroatoms. The molecule has 2 aliphatic rings. The zero-order valence-corrected chi connectivity index (χ0v) is 26.7. The fourth-order valence-corrected chi connectivity index (χ4v) is 7.04. The van der Waals surface area contributed by atoms with Gasteiger partial charge in [-0.05, 0) is 50.2 Å². The van der Waals surface area contributed by atoms with E-state index in [0.29, 0.717) is 41.5 Å². The van der Waals surface area contributed by atoms with E-state index in [1.54, 1.807) is 15.5 Å². The second kappa shape index (κ2) is 11.9. The molecule has 0 spiro atoms. The number of fused-ring (bicyclic) bond motifs is 3. The van der Waals surface area contributed by atoms with E-state index in [1.165, 1.54) is 0 Å². The molecular weight excluding hydrogens is 761 g/mol. The summed E-state index contributed by atoms with van der Waals surface area (Å²) < 4.78 is 26.4. The van der Waals surface area contributed by atoms with Crippen molar-refractivity contribution in [3.63, 3.8) is 0 Å². The van der Waals surface area contributed by atoms with E-state index in [1.807, 2.05) is 33.4 Å². The minimum atomic E-state index is -0.538. The van der Waals surface area contributed by atoms with Crippen LogP contribution in [0.15, 0.2) is 42.6 Å². The molecule has 4 heterocycles. The van der Waals surface area contributed by atoms with Crippen LogP contribution in [-0.2, 0) is 0 Å². The normalized spacial score (nSPS) is 16.8. The number of hydrogen-bond donors (Lipinski definition) is 2. The van der Waals surface area contributed by atoms with Gasteiger partial charge in [0.2, 0.25) is 0 Å². The van der Waals surface area contributed by atoms with Crippen LogP contribution in [0.1, 0.15) is 25.7 Å². The van der Waals surface area contributed by atoms with Crippen LogP contribution in [0.4, 0.5) is 10.2 Å². The zero-order valence-electron chi connectivity index (χ0n) is 21.6.